The lowest BCUT2D eigenvalue weighted by molar-refractivity contribution is 0.0661. The number of aliphatic hydroxyl groups excluding tert-OH is 1. The smallest absolute Gasteiger partial charge is 0.371 e. The first kappa shape index (κ1) is 13.7. The first-order chi connectivity index (χ1) is 8.04. The topological polar surface area (TPSA) is 82.7 Å². The molecule has 5 nitrogen and oxygen atoms in total. The quantitative estimate of drug-likeness (QED) is 0.631. The molecule has 3 N–H and O–H groups in total. The van der Waals surface area contributed by atoms with Gasteiger partial charge in [0.25, 0.3) is 0 Å². The van der Waals surface area contributed by atoms with Gasteiger partial charge in [0.2, 0.25) is 5.76 Å². The second-order valence-corrected chi connectivity index (χ2v) is 4.02. The Hall–Kier alpha value is -1.33. The molecular formula is C12H19NO4. The van der Waals surface area contributed by atoms with Gasteiger partial charge < -0.3 is 19.9 Å². The predicted octanol–water partition coefficient (Wildman–Crippen LogP) is 1.54. The van der Waals surface area contributed by atoms with Crippen molar-refractivity contribution in [1.82, 2.24) is 5.32 Å². The van der Waals surface area contributed by atoms with Gasteiger partial charge in [-0.1, -0.05) is 6.92 Å². The van der Waals surface area contributed by atoms with E-state index in [1.807, 2.05) is 6.92 Å². The summed E-state index contributed by atoms with van der Waals surface area (Å²) in [6.07, 6.45) is 1.16. The number of carboxylic acids is 1. The molecule has 0 aliphatic heterocycles. The van der Waals surface area contributed by atoms with E-state index in [2.05, 4.69) is 5.32 Å². The van der Waals surface area contributed by atoms with E-state index in [1.165, 1.54) is 6.07 Å². The number of carbonyl (C=O) groups is 1. The normalized spacial score (nSPS) is 12.6. The Labute approximate surface area is 100 Å². The van der Waals surface area contributed by atoms with Gasteiger partial charge >= 0.3 is 5.97 Å². The Balaban J connectivity index is 2.39. The van der Waals surface area contributed by atoms with Gasteiger partial charge in [-0.25, -0.2) is 4.79 Å². The SMILES string of the molecule is CCC(O)CCNCc1cc(C(=O)O)oc1C. The number of rotatable bonds is 7. The maximum Gasteiger partial charge on any atom is 0.371 e. The van der Waals surface area contributed by atoms with Crippen molar-refractivity contribution in [2.24, 2.45) is 0 Å². The largest absolute Gasteiger partial charge is 0.475 e. The highest BCUT2D eigenvalue weighted by Gasteiger charge is 2.12. The van der Waals surface area contributed by atoms with Crippen molar-refractivity contribution in [3.63, 3.8) is 0 Å². The predicted molar refractivity (Wildman–Crippen MR) is 63.0 cm³/mol. The van der Waals surface area contributed by atoms with Crippen molar-refractivity contribution in [3.05, 3.63) is 23.2 Å². The van der Waals surface area contributed by atoms with Crippen molar-refractivity contribution in [2.45, 2.75) is 39.3 Å². The number of nitrogens with one attached hydrogen (secondary N) is 1. The van der Waals surface area contributed by atoms with Crippen LogP contribution in [0.4, 0.5) is 0 Å². The Kier molecular flexibility index (Phi) is 5.18. The molecule has 0 bridgehead atoms. The number of hydrogen-bond donors (Lipinski definition) is 3. The van der Waals surface area contributed by atoms with Gasteiger partial charge in [0.05, 0.1) is 6.10 Å². The third kappa shape index (κ3) is 4.20. The zero-order valence-electron chi connectivity index (χ0n) is 10.2. The molecule has 0 aliphatic rings. The third-order valence-corrected chi connectivity index (χ3v) is 2.67. The van der Waals surface area contributed by atoms with E-state index in [9.17, 15) is 9.90 Å². The van der Waals surface area contributed by atoms with E-state index in [-0.39, 0.29) is 11.9 Å². The van der Waals surface area contributed by atoms with Crippen LogP contribution in [0.15, 0.2) is 10.5 Å². The molecule has 1 heterocycles. The lowest BCUT2D eigenvalue weighted by Crippen LogP contribution is -2.19. The van der Waals surface area contributed by atoms with E-state index < -0.39 is 5.97 Å². The molecule has 5 heteroatoms. The molecule has 1 aromatic rings. The summed E-state index contributed by atoms with van der Waals surface area (Å²) in [6.45, 7) is 4.93. The van der Waals surface area contributed by atoms with Gasteiger partial charge in [0, 0.05) is 12.1 Å². The lowest BCUT2D eigenvalue weighted by Gasteiger charge is -2.07. The summed E-state index contributed by atoms with van der Waals surface area (Å²) in [7, 11) is 0. The highest BCUT2D eigenvalue weighted by atomic mass is 16.4. The van der Waals surface area contributed by atoms with E-state index >= 15 is 0 Å². The number of aromatic carboxylic acids is 1. The molecule has 0 fully saturated rings. The molecule has 1 aromatic heterocycles. The molecule has 1 atom stereocenters. The summed E-state index contributed by atoms with van der Waals surface area (Å²) in [6, 6.07) is 1.53. The number of aliphatic hydroxyl groups is 1. The molecule has 17 heavy (non-hydrogen) atoms. The first-order valence-electron chi connectivity index (χ1n) is 5.76. The number of carboxylic acid groups (broad SMARTS) is 1. The minimum atomic E-state index is -1.05. The molecule has 1 rings (SSSR count). The molecule has 1 unspecified atom stereocenters. The number of furan rings is 1. The summed E-state index contributed by atoms with van der Waals surface area (Å²) in [4.78, 5) is 10.7. The molecule has 96 valence electrons. The zero-order valence-corrected chi connectivity index (χ0v) is 10.2. The number of hydrogen-bond acceptors (Lipinski definition) is 4. The Morgan fingerprint density at radius 2 is 2.29 bits per heavy atom. The molecule has 0 radical (unpaired) electrons. The van der Waals surface area contributed by atoms with Crippen molar-refractivity contribution >= 4 is 5.97 Å². The van der Waals surface area contributed by atoms with Gasteiger partial charge in [0.1, 0.15) is 5.76 Å². The second kappa shape index (κ2) is 6.42. The van der Waals surface area contributed by atoms with Gasteiger partial charge in [-0.15, -0.1) is 0 Å². The molecule has 0 saturated heterocycles. The standard InChI is InChI=1S/C12H19NO4/c1-3-10(14)4-5-13-7-9-6-11(12(15)16)17-8(9)2/h6,10,13-14H,3-5,7H2,1-2H3,(H,15,16). The Bertz CT molecular complexity index is 373. The van der Waals surface area contributed by atoms with Crippen LogP contribution in [0.1, 0.15) is 41.6 Å². The minimum absolute atomic E-state index is 0.0344. The Morgan fingerprint density at radius 1 is 1.59 bits per heavy atom. The van der Waals surface area contributed by atoms with Gasteiger partial charge in [-0.2, -0.15) is 0 Å². The molecule has 0 saturated carbocycles. The van der Waals surface area contributed by atoms with Crippen LogP contribution in [-0.4, -0.2) is 28.8 Å². The summed E-state index contributed by atoms with van der Waals surface area (Å²) >= 11 is 0. The van der Waals surface area contributed by atoms with Crippen LogP contribution in [0.2, 0.25) is 0 Å². The van der Waals surface area contributed by atoms with Crippen LogP contribution < -0.4 is 5.32 Å². The average molecular weight is 241 g/mol. The third-order valence-electron chi connectivity index (χ3n) is 2.67. The first-order valence-corrected chi connectivity index (χ1v) is 5.76. The fourth-order valence-electron chi connectivity index (χ4n) is 1.50. The van der Waals surface area contributed by atoms with Crippen molar-refractivity contribution in [3.8, 4) is 0 Å². The van der Waals surface area contributed by atoms with Crippen LogP contribution in [-0.2, 0) is 6.54 Å². The van der Waals surface area contributed by atoms with E-state index in [0.29, 0.717) is 25.3 Å². The highest BCUT2D eigenvalue weighted by molar-refractivity contribution is 5.84. The maximum absolute atomic E-state index is 10.7. The Morgan fingerprint density at radius 3 is 2.82 bits per heavy atom. The summed E-state index contributed by atoms with van der Waals surface area (Å²) in [5.74, 6) is -0.473. The zero-order chi connectivity index (χ0) is 12.8. The van der Waals surface area contributed by atoms with Crippen molar-refractivity contribution in [1.29, 1.82) is 0 Å². The number of aryl methyl sites for hydroxylation is 1. The molecule has 0 aromatic carbocycles. The van der Waals surface area contributed by atoms with Crippen LogP contribution in [0.3, 0.4) is 0 Å². The maximum atomic E-state index is 10.7. The lowest BCUT2D eigenvalue weighted by atomic mass is 10.2. The van der Waals surface area contributed by atoms with Crippen LogP contribution >= 0.6 is 0 Å². The molecular weight excluding hydrogens is 222 g/mol. The van der Waals surface area contributed by atoms with Crippen molar-refractivity contribution < 1.29 is 19.4 Å². The van der Waals surface area contributed by atoms with E-state index in [1.54, 1.807) is 6.92 Å². The van der Waals surface area contributed by atoms with Crippen LogP contribution in [0, 0.1) is 6.92 Å². The summed E-state index contributed by atoms with van der Waals surface area (Å²) in [5.41, 5.74) is 0.841. The fraction of sp³-hybridized carbons (Fsp3) is 0.583. The van der Waals surface area contributed by atoms with Crippen LogP contribution in [0.25, 0.3) is 0 Å². The monoisotopic (exact) mass is 241 g/mol. The van der Waals surface area contributed by atoms with E-state index in [0.717, 1.165) is 12.0 Å². The molecule has 0 amide bonds. The van der Waals surface area contributed by atoms with E-state index in [4.69, 9.17) is 9.52 Å². The molecule has 0 spiro atoms. The highest BCUT2D eigenvalue weighted by Crippen LogP contribution is 2.14. The average Bonchev–Trinajstić information content (AvgIpc) is 2.66. The van der Waals surface area contributed by atoms with Gasteiger partial charge in [-0.3, -0.25) is 0 Å². The minimum Gasteiger partial charge on any atom is -0.475 e. The van der Waals surface area contributed by atoms with Crippen LogP contribution in [0.5, 0.6) is 0 Å². The van der Waals surface area contributed by atoms with Gasteiger partial charge in [0.15, 0.2) is 0 Å². The fourth-order valence-corrected chi connectivity index (χ4v) is 1.50. The second-order valence-electron chi connectivity index (χ2n) is 4.02. The van der Waals surface area contributed by atoms with Crippen molar-refractivity contribution in [2.75, 3.05) is 6.54 Å². The summed E-state index contributed by atoms with van der Waals surface area (Å²) in [5, 5.41) is 21.2. The molecule has 0 aliphatic carbocycles. The summed E-state index contributed by atoms with van der Waals surface area (Å²) < 4.78 is 5.09. The van der Waals surface area contributed by atoms with Gasteiger partial charge in [-0.05, 0) is 32.4 Å².